The van der Waals surface area contributed by atoms with Crippen LogP contribution in [0.15, 0.2) is 76.3 Å². The minimum absolute atomic E-state index is 0.356. The molecule has 7 heteroatoms. The summed E-state index contributed by atoms with van der Waals surface area (Å²) in [6, 6.07) is 20.3. The number of nitrogens with zero attached hydrogens (tertiary/aromatic N) is 1. The van der Waals surface area contributed by atoms with Crippen LogP contribution in [0.2, 0.25) is 0 Å². The molecule has 0 atom stereocenters. The minimum atomic E-state index is -0.386. The number of rotatable bonds is 8. The molecule has 0 aliphatic heterocycles. The molecule has 0 saturated heterocycles. The number of hydrazone groups is 1. The lowest BCUT2D eigenvalue weighted by Crippen LogP contribution is -2.19. The van der Waals surface area contributed by atoms with Crippen LogP contribution in [0.1, 0.15) is 21.5 Å². The number of carbonyl (C=O) groups is 1. The Hall–Kier alpha value is -3.32. The van der Waals surface area contributed by atoms with E-state index in [0.717, 1.165) is 10.0 Å². The third-order valence-corrected chi connectivity index (χ3v) is 4.73. The third-order valence-electron chi connectivity index (χ3n) is 4.23. The Balaban J connectivity index is 1.72. The van der Waals surface area contributed by atoms with E-state index in [0.29, 0.717) is 35.0 Å². The summed E-state index contributed by atoms with van der Waals surface area (Å²) < 4.78 is 17.1. The fraction of sp³-hybridized carbons (Fsp3) is 0.130. The molecule has 1 N–H and O–H groups in total. The van der Waals surface area contributed by atoms with E-state index in [1.165, 1.54) is 6.21 Å². The lowest BCUT2D eigenvalue weighted by atomic mass is 10.2. The number of nitrogens with one attached hydrogen (secondary N) is 1. The number of amides is 1. The Labute approximate surface area is 183 Å². The van der Waals surface area contributed by atoms with Gasteiger partial charge in [0.1, 0.15) is 23.9 Å². The summed E-state index contributed by atoms with van der Waals surface area (Å²) >= 11 is 3.40. The number of hydrogen-bond donors (Lipinski definition) is 1. The molecule has 0 radical (unpaired) electrons. The highest BCUT2D eigenvalue weighted by atomic mass is 79.9. The summed E-state index contributed by atoms with van der Waals surface area (Å²) in [6.45, 7) is 0.356. The largest absolute Gasteiger partial charge is 0.497 e. The number of halogens is 1. The molecule has 154 valence electrons. The molecule has 0 bridgehead atoms. The first kappa shape index (κ1) is 21.4. The molecular weight excluding hydrogens is 448 g/mol. The SMILES string of the molecule is COc1ccc(C=NNC(=O)c2cc(Br)ccc2OCc2ccccc2)c(OC)c1. The van der Waals surface area contributed by atoms with Crippen LogP contribution in [0.3, 0.4) is 0 Å². The molecule has 0 aliphatic rings. The van der Waals surface area contributed by atoms with Gasteiger partial charge in [0.2, 0.25) is 0 Å². The highest BCUT2D eigenvalue weighted by Crippen LogP contribution is 2.25. The minimum Gasteiger partial charge on any atom is -0.497 e. The van der Waals surface area contributed by atoms with Gasteiger partial charge in [0.15, 0.2) is 0 Å². The zero-order chi connectivity index (χ0) is 21.3. The molecular formula is C23H21BrN2O4. The summed E-state index contributed by atoms with van der Waals surface area (Å²) in [5.74, 6) is 1.34. The van der Waals surface area contributed by atoms with E-state index >= 15 is 0 Å². The second kappa shape index (κ2) is 10.5. The van der Waals surface area contributed by atoms with Gasteiger partial charge in [-0.25, -0.2) is 5.43 Å². The van der Waals surface area contributed by atoms with Crippen LogP contribution in [-0.4, -0.2) is 26.3 Å². The Morgan fingerprint density at radius 2 is 1.80 bits per heavy atom. The van der Waals surface area contributed by atoms with Gasteiger partial charge in [-0.2, -0.15) is 5.10 Å². The Bertz CT molecular complexity index is 1040. The van der Waals surface area contributed by atoms with E-state index in [9.17, 15) is 4.79 Å². The smallest absolute Gasteiger partial charge is 0.275 e. The van der Waals surface area contributed by atoms with E-state index in [1.54, 1.807) is 44.6 Å². The van der Waals surface area contributed by atoms with Crippen molar-refractivity contribution >= 4 is 28.1 Å². The summed E-state index contributed by atoms with van der Waals surface area (Å²) in [4.78, 5) is 12.7. The lowest BCUT2D eigenvalue weighted by molar-refractivity contribution is 0.0950. The van der Waals surface area contributed by atoms with Crippen LogP contribution in [-0.2, 0) is 6.61 Å². The third kappa shape index (κ3) is 5.61. The van der Waals surface area contributed by atoms with Crippen molar-refractivity contribution in [3.05, 3.63) is 87.9 Å². The molecule has 3 aromatic rings. The van der Waals surface area contributed by atoms with Gasteiger partial charge in [-0.05, 0) is 35.9 Å². The zero-order valence-electron chi connectivity index (χ0n) is 16.6. The van der Waals surface area contributed by atoms with Gasteiger partial charge in [-0.3, -0.25) is 4.79 Å². The number of carbonyl (C=O) groups excluding carboxylic acids is 1. The Morgan fingerprint density at radius 3 is 2.53 bits per heavy atom. The second-order valence-electron chi connectivity index (χ2n) is 6.22. The number of hydrogen-bond acceptors (Lipinski definition) is 5. The first-order chi connectivity index (χ1) is 14.6. The van der Waals surface area contributed by atoms with E-state index in [1.807, 2.05) is 36.4 Å². The molecule has 0 heterocycles. The summed E-state index contributed by atoms with van der Waals surface area (Å²) in [6.07, 6.45) is 1.51. The molecule has 30 heavy (non-hydrogen) atoms. The monoisotopic (exact) mass is 468 g/mol. The molecule has 0 spiro atoms. The van der Waals surface area contributed by atoms with E-state index in [-0.39, 0.29) is 5.91 Å². The average Bonchev–Trinajstić information content (AvgIpc) is 2.78. The van der Waals surface area contributed by atoms with Crippen LogP contribution in [0.5, 0.6) is 17.2 Å². The predicted octanol–water partition coefficient (Wildman–Crippen LogP) is 4.81. The number of ether oxygens (including phenoxy) is 3. The summed E-state index contributed by atoms with van der Waals surface area (Å²) in [5.41, 5.74) is 4.62. The quantitative estimate of drug-likeness (QED) is 0.380. The van der Waals surface area contributed by atoms with Crippen LogP contribution in [0, 0.1) is 0 Å². The van der Waals surface area contributed by atoms with Crippen LogP contribution in [0.4, 0.5) is 0 Å². The fourth-order valence-electron chi connectivity index (χ4n) is 2.69. The first-order valence-corrected chi connectivity index (χ1v) is 9.91. The zero-order valence-corrected chi connectivity index (χ0v) is 18.2. The molecule has 3 rings (SSSR count). The number of methoxy groups -OCH3 is 2. The molecule has 0 saturated carbocycles. The van der Waals surface area contributed by atoms with E-state index in [2.05, 4.69) is 26.5 Å². The summed E-state index contributed by atoms with van der Waals surface area (Å²) in [5, 5.41) is 4.05. The molecule has 0 aliphatic carbocycles. The maximum absolute atomic E-state index is 12.7. The van der Waals surface area contributed by atoms with Gasteiger partial charge in [0, 0.05) is 16.1 Å². The molecule has 6 nitrogen and oxygen atoms in total. The van der Waals surface area contributed by atoms with Crippen LogP contribution < -0.4 is 19.6 Å². The normalized spacial score (nSPS) is 10.6. The maximum atomic E-state index is 12.7. The second-order valence-corrected chi connectivity index (χ2v) is 7.14. The van der Waals surface area contributed by atoms with Crippen molar-refractivity contribution in [3.63, 3.8) is 0 Å². The fourth-order valence-corrected chi connectivity index (χ4v) is 3.05. The van der Waals surface area contributed by atoms with Crippen molar-refractivity contribution in [2.24, 2.45) is 5.10 Å². The molecule has 0 unspecified atom stereocenters. The van der Waals surface area contributed by atoms with Crippen LogP contribution in [0.25, 0.3) is 0 Å². The topological polar surface area (TPSA) is 69.2 Å². The van der Waals surface area contributed by atoms with Gasteiger partial charge in [0.05, 0.1) is 26.0 Å². The molecule has 0 fully saturated rings. The first-order valence-electron chi connectivity index (χ1n) is 9.12. The van der Waals surface area contributed by atoms with Crippen molar-refractivity contribution in [1.29, 1.82) is 0 Å². The van der Waals surface area contributed by atoms with Gasteiger partial charge in [0.25, 0.3) is 5.91 Å². The van der Waals surface area contributed by atoms with Gasteiger partial charge >= 0.3 is 0 Å². The van der Waals surface area contributed by atoms with E-state index < -0.39 is 0 Å². The van der Waals surface area contributed by atoms with Crippen LogP contribution >= 0.6 is 15.9 Å². The molecule has 3 aromatic carbocycles. The van der Waals surface area contributed by atoms with Crippen molar-refractivity contribution in [2.75, 3.05) is 14.2 Å². The molecule has 1 amide bonds. The molecule has 0 aromatic heterocycles. The highest BCUT2D eigenvalue weighted by molar-refractivity contribution is 9.10. The van der Waals surface area contributed by atoms with Gasteiger partial charge in [-0.15, -0.1) is 0 Å². The Morgan fingerprint density at radius 1 is 1.00 bits per heavy atom. The Kier molecular flexibility index (Phi) is 7.45. The van der Waals surface area contributed by atoms with Crippen molar-refractivity contribution < 1.29 is 19.0 Å². The van der Waals surface area contributed by atoms with Crippen molar-refractivity contribution in [3.8, 4) is 17.2 Å². The summed E-state index contributed by atoms with van der Waals surface area (Å²) in [7, 11) is 3.14. The average molecular weight is 469 g/mol. The van der Waals surface area contributed by atoms with Crippen molar-refractivity contribution in [1.82, 2.24) is 5.43 Å². The lowest BCUT2D eigenvalue weighted by Gasteiger charge is -2.11. The van der Waals surface area contributed by atoms with Crippen molar-refractivity contribution in [2.45, 2.75) is 6.61 Å². The highest BCUT2D eigenvalue weighted by Gasteiger charge is 2.13. The standard InChI is InChI=1S/C23H21BrN2O4/c1-28-19-10-8-17(22(13-19)29-2)14-25-26-23(27)20-12-18(24)9-11-21(20)30-15-16-6-4-3-5-7-16/h3-14H,15H2,1-2H3,(H,26,27). The number of benzene rings is 3. The predicted molar refractivity (Wildman–Crippen MR) is 120 cm³/mol. The van der Waals surface area contributed by atoms with Gasteiger partial charge < -0.3 is 14.2 Å². The van der Waals surface area contributed by atoms with Gasteiger partial charge in [-0.1, -0.05) is 46.3 Å². The van der Waals surface area contributed by atoms with E-state index in [4.69, 9.17) is 14.2 Å². The maximum Gasteiger partial charge on any atom is 0.275 e.